The molecule has 1 aromatic heterocycles. The molecule has 0 radical (unpaired) electrons. The molecule has 8 heteroatoms. The number of fused-ring (bicyclic) bond motifs is 1. The van der Waals surface area contributed by atoms with Crippen molar-refractivity contribution in [3.8, 4) is 0 Å². The summed E-state index contributed by atoms with van der Waals surface area (Å²) in [5.41, 5.74) is 0.738. The molecule has 160 valence electrons. The summed E-state index contributed by atoms with van der Waals surface area (Å²) in [5, 5.41) is 0.674. The van der Waals surface area contributed by atoms with Crippen LogP contribution in [-0.2, 0) is 14.6 Å². The molecule has 0 N–H and O–H groups in total. The molecule has 1 aliphatic carbocycles. The lowest BCUT2D eigenvalue weighted by atomic mass is 9.88. The maximum absolute atomic E-state index is 13.4. The van der Waals surface area contributed by atoms with Gasteiger partial charge >= 0.3 is 0 Å². The van der Waals surface area contributed by atoms with Gasteiger partial charge in [-0.05, 0) is 44.1 Å². The number of hydrogen-bond donors (Lipinski definition) is 0. The fourth-order valence-corrected chi connectivity index (χ4v) is 5.65. The van der Waals surface area contributed by atoms with Crippen molar-refractivity contribution in [3.05, 3.63) is 18.2 Å². The number of rotatable bonds is 8. The molecule has 0 saturated heterocycles. The lowest BCUT2D eigenvalue weighted by Crippen LogP contribution is -2.42. The van der Waals surface area contributed by atoms with Crippen molar-refractivity contribution >= 4 is 42.4 Å². The molecule has 1 aliphatic rings. The first kappa shape index (κ1) is 22.2. The molecule has 1 aromatic carbocycles. The average Bonchev–Trinajstić information content (AvgIpc) is 3.14. The van der Waals surface area contributed by atoms with Crippen LogP contribution in [-0.4, -0.2) is 56.6 Å². The molecule has 0 bridgehead atoms. The minimum atomic E-state index is -3.28. The van der Waals surface area contributed by atoms with Gasteiger partial charge in [0.15, 0.2) is 15.0 Å². The molecule has 1 saturated carbocycles. The van der Waals surface area contributed by atoms with Crippen molar-refractivity contribution in [2.75, 3.05) is 37.3 Å². The average molecular weight is 438 g/mol. The molecule has 1 heterocycles. The Balaban J connectivity index is 1.92. The number of carbonyl (C=O) groups is 1. The van der Waals surface area contributed by atoms with Crippen molar-refractivity contribution in [2.45, 2.75) is 50.8 Å². The first-order valence-corrected chi connectivity index (χ1v) is 13.2. The maximum Gasteiger partial charge on any atom is 0.231 e. The lowest BCUT2D eigenvalue weighted by molar-refractivity contribution is -0.123. The monoisotopic (exact) mass is 437 g/mol. The highest BCUT2D eigenvalue weighted by atomic mass is 32.2. The van der Waals surface area contributed by atoms with E-state index in [2.05, 4.69) is 18.7 Å². The summed E-state index contributed by atoms with van der Waals surface area (Å²) in [6.45, 7) is 7.55. The topological polar surface area (TPSA) is 70.6 Å². The van der Waals surface area contributed by atoms with E-state index in [0.29, 0.717) is 11.7 Å². The standard InChI is InChI=1S/C21H31N3O3S2/c1-4-23(5-2)13-14-24(20(25)16-9-7-6-8-10-16)21-22-18-12-11-17(29(3,26)27)15-19(18)28-21/h11-12,15-16H,4-10,13-14H2,1-3H3. The van der Waals surface area contributed by atoms with Gasteiger partial charge in [-0.2, -0.15) is 0 Å². The predicted molar refractivity (Wildman–Crippen MR) is 119 cm³/mol. The van der Waals surface area contributed by atoms with E-state index in [-0.39, 0.29) is 16.7 Å². The number of aromatic nitrogens is 1. The zero-order valence-electron chi connectivity index (χ0n) is 17.6. The van der Waals surface area contributed by atoms with Gasteiger partial charge in [-0.1, -0.05) is 44.4 Å². The summed E-state index contributed by atoms with van der Waals surface area (Å²) in [6.07, 6.45) is 6.53. The quantitative estimate of drug-likeness (QED) is 0.625. The van der Waals surface area contributed by atoms with E-state index < -0.39 is 9.84 Å². The van der Waals surface area contributed by atoms with Gasteiger partial charge in [0.25, 0.3) is 0 Å². The van der Waals surface area contributed by atoms with E-state index in [9.17, 15) is 13.2 Å². The third-order valence-electron chi connectivity index (χ3n) is 5.76. The minimum absolute atomic E-state index is 0.0686. The Kier molecular flexibility index (Phi) is 7.29. The number of hydrogen-bond acceptors (Lipinski definition) is 6. The molecular weight excluding hydrogens is 406 g/mol. The zero-order valence-corrected chi connectivity index (χ0v) is 19.2. The first-order chi connectivity index (χ1) is 13.8. The summed E-state index contributed by atoms with van der Waals surface area (Å²) < 4.78 is 24.6. The smallest absolute Gasteiger partial charge is 0.231 e. The van der Waals surface area contributed by atoms with E-state index >= 15 is 0 Å². The van der Waals surface area contributed by atoms with Crippen molar-refractivity contribution in [3.63, 3.8) is 0 Å². The normalized spacial score (nSPS) is 15.9. The number of benzene rings is 1. The largest absolute Gasteiger partial charge is 0.302 e. The molecule has 1 fully saturated rings. The van der Waals surface area contributed by atoms with Crippen LogP contribution < -0.4 is 4.90 Å². The summed E-state index contributed by atoms with van der Waals surface area (Å²) in [4.78, 5) is 22.5. The number of sulfone groups is 1. The third kappa shape index (κ3) is 5.35. The van der Waals surface area contributed by atoms with Crippen molar-refractivity contribution in [2.24, 2.45) is 5.92 Å². The van der Waals surface area contributed by atoms with Gasteiger partial charge in [0.2, 0.25) is 5.91 Å². The molecule has 0 spiro atoms. The lowest BCUT2D eigenvalue weighted by Gasteiger charge is -2.29. The Morgan fingerprint density at radius 1 is 1.14 bits per heavy atom. The van der Waals surface area contributed by atoms with Gasteiger partial charge in [0.05, 0.1) is 15.1 Å². The molecule has 0 aliphatic heterocycles. The Hall–Kier alpha value is -1.51. The van der Waals surface area contributed by atoms with Crippen LogP contribution in [0, 0.1) is 5.92 Å². The highest BCUT2D eigenvalue weighted by Crippen LogP contribution is 2.33. The van der Waals surface area contributed by atoms with Crippen LogP contribution in [0.25, 0.3) is 10.2 Å². The molecule has 3 rings (SSSR count). The number of amides is 1. The van der Waals surface area contributed by atoms with Crippen LogP contribution >= 0.6 is 11.3 Å². The Morgan fingerprint density at radius 2 is 1.83 bits per heavy atom. The number of carbonyl (C=O) groups excluding carboxylic acids is 1. The van der Waals surface area contributed by atoms with Gasteiger partial charge in [-0.25, -0.2) is 13.4 Å². The minimum Gasteiger partial charge on any atom is -0.302 e. The second-order valence-electron chi connectivity index (χ2n) is 7.75. The first-order valence-electron chi connectivity index (χ1n) is 10.5. The molecule has 2 aromatic rings. The molecule has 29 heavy (non-hydrogen) atoms. The zero-order chi connectivity index (χ0) is 21.0. The Morgan fingerprint density at radius 3 is 2.45 bits per heavy atom. The Bertz CT molecular complexity index is 945. The second-order valence-corrected chi connectivity index (χ2v) is 10.8. The van der Waals surface area contributed by atoms with E-state index in [1.54, 1.807) is 18.2 Å². The fraction of sp³-hybridized carbons (Fsp3) is 0.619. The summed E-state index contributed by atoms with van der Waals surface area (Å²) in [6, 6.07) is 4.99. The van der Waals surface area contributed by atoms with Gasteiger partial charge in [0, 0.05) is 25.3 Å². The molecular formula is C21H31N3O3S2. The van der Waals surface area contributed by atoms with Gasteiger partial charge in [0.1, 0.15) is 0 Å². The molecule has 0 unspecified atom stereocenters. The van der Waals surface area contributed by atoms with Crippen LogP contribution in [0.2, 0.25) is 0 Å². The van der Waals surface area contributed by atoms with Gasteiger partial charge < -0.3 is 4.90 Å². The second kappa shape index (κ2) is 9.53. The predicted octanol–water partition coefficient (Wildman–Crippen LogP) is 3.95. The van der Waals surface area contributed by atoms with E-state index in [1.807, 2.05) is 4.90 Å². The number of anilines is 1. The fourth-order valence-electron chi connectivity index (χ4n) is 3.89. The number of nitrogens with zero attached hydrogens (tertiary/aromatic N) is 3. The van der Waals surface area contributed by atoms with E-state index in [4.69, 9.17) is 4.98 Å². The summed E-state index contributed by atoms with van der Waals surface area (Å²) >= 11 is 1.41. The summed E-state index contributed by atoms with van der Waals surface area (Å²) in [5.74, 6) is 0.235. The van der Waals surface area contributed by atoms with Crippen LogP contribution in [0.1, 0.15) is 46.0 Å². The summed E-state index contributed by atoms with van der Waals surface area (Å²) in [7, 11) is -3.28. The van der Waals surface area contributed by atoms with Crippen LogP contribution in [0.15, 0.2) is 23.1 Å². The third-order valence-corrected chi connectivity index (χ3v) is 7.91. The van der Waals surface area contributed by atoms with Crippen LogP contribution in [0.3, 0.4) is 0 Å². The van der Waals surface area contributed by atoms with Crippen LogP contribution in [0.5, 0.6) is 0 Å². The number of likely N-dealkylation sites (N-methyl/N-ethyl adjacent to an activating group) is 1. The molecule has 6 nitrogen and oxygen atoms in total. The van der Waals surface area contributed by atoms with Crippen molar-refractivity contribution < 1.29 is 13.2 Å². The highest BCUT2D eigenvalue weighted by Gasteiger charge is 2.29. The van der Waals surface area contributed by atoms with Crippen molar-refractivity contribution in [1.82, 2.24) is 9.88 Å². The highest BCUT2D eigenvalue weighted by molar-refractivity contribution is 7.90. The molecule has 0 atom stereocenters. The van der Waals surface area contributed by atoms with Gasteiger partial charge in [-0.15, -0.1) is 0 Å². The molecule has 1 amide bonds. The number of thiazole rings is 1. The SMILES string of the molecule is CCN(CC)CCN(C(=O)C1CCCCC1)c1nc2ccc(S(C)(=O)=O)cc2s1. The van der Waals surface area contributed by atoms with Crippen molar-refractivity contribution in [1.29, 1.82) is 0 Å². The van der Waals surface area contributed by atoms with Crippen LogP contribution in [0.4, 0.5) is 5.13 Å². The van der Waals surface area contributed by atoms with E-state index in [0.717, 1.165) is 55.5 Å². The Labute approximate surface area is 177 Å². The maximum atomic E-state index is 13.4. The van der Waals surface area contributed by atoms with E-state index in [1.165, 1.54) is 24.0 Å². The van der Waals surface area contributed by atoms with Gasteiger partial charge in [-0.3, -0.25) is 9.69 Å².